The molecule has 0 radical (unpaired) electrons. The second-order valence-corrected chi connectivity index (χ2v) is 10.9. The third-order valence-corrected chi connectivity index (χ3v) is 7.62. The molecule has 1 aromatic rings. The Bertz CT molecular complexity index is 919. The van der Waals surface area contributed by atoms with E-state index in [1.165, 1.54) is 0 Å². The van der Waals surface area contributed by atoms with E-state index in [9.17, 15) is 19.8 Å². The van der Waals surface area contributed by atoms with Crippen LogP contribution in [0.4, 0.5) is 4.79 Å². The number of rotatable bonds is 19. The quantitative estimate of drug-likeness (QED) is 0.114. The second-order valence-electron chi connectivity index (χ2n) is 10.9. The molecule has 1 aromatic carbocycles. The van der Waals surface area contributed by atoms with Crippen molar-refractivity contribution in [3.63, 3.8) is 0 Å². The second kappa shape index (κ2) is 20.2. The van der Waals surface area contributed by atoms with E-state index in [-0.39, 0.29) is 30.5 Å². The Morgan fingerprint density at radius 1 is 1.07 bits per heavy atom. The van der Waals surface area contributed by atoms with Crippen LogP contribution >= 0.6 is 0 Å². The van der Waals surface area contributed by atoms with Crippen LogP contribution < -0.4 is 5.32 Å². The largest absolute Gasteiger partial charge is 0.508 e. The van der Waals surface area contributed by atoms with Crippen molar-refractivity contribution in [2.75, 3.05) is 20.3 Å². The molecule has 41 heavy (non-hydrogen) atoms. The van der Waals surface area contributed by atoms with Gasteiger partial charge in [-0.05, 0) is 82.8 Å². The molecule has 8 heteroatoms. The Kier molecular flexibility index (Phi) is 17.0. The summed E-state index contributed by atoms with van der Waals surface area (Å²) >= 11 is 0. The van der Waals surface area contributed by atoms with Crippen LogP contribution in [0.15, 0.2) is 54.6 Å². The first kappa shape index (κ1) is 34.5. The zero-order valence-corrected chi connectivity index (χ0v) is 25.1. The number of unbranched alkanes of at least 4 members (excludes halogenated alkanes) is 2. The van der Waals surface area contributed by atoms with Gasteiger partial charge in [0.2, 0.25) is 5.91 Å². The smallest absolute Gasteiger partial charge is 0.434 e. The van der Waals surface area contributed by atoms with E-state index in [1.807, 2.05) is 68.5 Å². The SMILES string of the molecule is CCNC(=O)CCC/C=C\C[C@@H]1[C@@H](/C=C/[C@H](CCc2ccccc2)OC(=O)OCCCC[C@H](C)OC)[C@H](O)C[C@@H]1O. The van der Waals surface area contributed by atoms with Gasteiger partial charge in [-0.1, -0.05) is 48.6 Å². The standard InChI is InChI=1S/C33H51NO7/c1-4-34-32(37)18-11-6-5-10-17-28-29(31(36)24-30(28)35)22-21-27(20-19-26-15-8-7-9-16-26)41-33(38)40-23-13-12-14-25(2)39-3/h5,7-10,15-16,21-22,25,27-31,35-36H,4,6,11-14,17-20,23-24H2,1-3H3,(H,34,37)/b10-5-,22-21+/t25-,27-,28+,29+,30-,31+/m0/s1. The van der Waals surface area contributed by atoms with Crippen molar-refractivity contribution >= 4 is 12.1 Å². The average molecular weight is 574 g/mol. The third kappa shape index (κ3) is 14.2. The number of carbonyl (C=O) groups is 2. The lowest BCUT2D eigenvalue weighted by Gasteiger charge is -2.21. The highest BCUT2D eigenvalue weighted by atomic mass is 16.7. The molecule has 0 unspecified atom stereocenters. The first-order valence-corrected chi connectivity index (χ1v) is 15.2. The van der Waals surface area contributed by atoms with E-state index < -0.39 is 24.5 Å². The van der Waals surface area contributed by atoms with Gasteiger partial charge in [0.25, 0.3) is 0 Å². The fourth-order valence-corrected chi connectivity index (χ4v) is 5.11. The van der Waals surface area contributed by atoms with Crippen LogP contribution in [0.1, 0.15) is 77.2 Å². The molecular formula is C33H51NO7. The van der Waals surface area contributed by atoms with Crippen LogP contribution in [0.25, 0.3) is 0 Å². The number of hydrogen-bond acceptors (Lipinski definition) is 7. The summed E-state index contributed by atoms with van der Waals surface area (Å²) in [5, 5.41) is 24.1. The molecule has 8 nitrogen and oxygen atoms in total. The fraction of sp³-hybridized carbons (Fsp3) is 0.636. The molecule has 1 aliphatic carbocycles. The predicted molar refractivity (Wildman–Crippen MR) is 160 cm³/mol. The maximum atomic E-state index is 12.5. The lowest BCUT2D eigenvalue weighted by atomic mass is 9.89. The lowest BCUT2D eigenvalue weighted by molar-refractivity contribution is -0.121. The number of hydrogen-bond donors (Lipinski definition) is 3. The number of allylic oxidation sites excluding steroid dienone is 2. The summed E-state index contributed by atoms with van der Waals surface area (Å²) in [6, 6.07) is 10.0. The van der Waals surface area contributed by atoms with Crippen molar-refractivity contribution in [1.82, 2.24) is 5.32 Å². The van der Waals surface area contributed by atoms with Crippen molar-refractivity contribution in [1.29, 1.82) is 0 Å². The number of ether oxygens (including phenoxy) is 3. The highest BCUT2D eigenvalue weighted by molar-refractivity contribution is 5.75. The lowest BCUT2D eigenvalue weighted by Crippen LogP contribution is -2.22. The third-order valence-electron chi connectivity index (χ3n) is 7.62. The molecule has 1 aliphatic rings. The zero-order chi connectivity index (χ0) is 29.9. The molecule has 0 heterocycles. The summed E-state index contributed by atoms with van der Waals surface area (Å²) in [5.74, 6) is -0.339. The number of methoxy groups -OCH3 is 1. The molecule has 0 saturated heterocycles. The molecule has 0 spiro atoms. The summed E-state index contributed by atoms with van der Waals surface area (Å²) in [4.78, 5) is 24.1. The Hall–Kier alpha value is -2.68. The van der Waals surface area contributed by atoms with E-state index in [2.05, 4.69) is 5.32 Å². The van der Waals surface area contributed by atoms with Crippen molar-refractivity contribution < 1.29 is 34.0 Å². The van der Waals surface area contributed by atoms with Gasteiger partial charge in [0.05, 0.1) is 24.9 Å². The van der Waals surface area contributed by atoms with Gasteiger partial charge in [-0.15, -0.1) is 0 Å². The topological polar surface area (TPSA) is 114 Å². The average Bonchev–Trinajstić information content (AvgIpc) is 3.23. The number of benzene rings is 1. The highest BCUT2D eigenvalue weighted by Crippen LogP contribution is 2.36. The monoisotopic (exact) mass is 573 g/mol. The minimum Gasteiger partial charge on any atom is -0.434 e. The molecule has 1 amide bonds. The van der Waals surface area contributed by atoms with E-state index in [1.54, 1.807) is 7.11 Å². The number of aliphatic hydroxyl groups is 2. The van der Waals surface area contributed by atoms with E-state index in [0.29, 0.717) is 32.2 Å². The van der Waals surface area contributed by atoms with Gasteiger partial charge in [-0.25, -0.2) is 4.79 Å². The summed E-state index contributed by atoms with van der Waals surface area (Å²) in [6.07, 6.45) is 12.3. The Labute approximate surface area is 246 Å². The molecule has 3 N–H and O–H groups in total. The number of aliphatic hydroxyl groups excluding tert-OH is 2. The normalized spacial score (nSPS) is 22.2. The van der Waals surface area contributed by atoms with Crippen LogP contribution in [0.3, 0.4) is 0 Å². The molecule has 6 atom stereocenters. The Morgan fingerprint density at radius 2 is 1.85 bits per heavy atom. The highest BCUT2D eigenvalue weighted by Gasteiger charge is 2.39. The number of nitrogens with one attached hydrogen (secondary N) is 1. The van der Waals surface area contributed by atoms with Crippen molar-refractivity contribution in [3.8, 4) is 0 Å². The molecule has 2 rings (SSSR count). The number of amides is 1. The van der Waals surface area contributed by atoms with Crippen LogP contribution in [-0.2, 0) is 25.4 Å². The molecule has 0 bridgehead atoms. The zero-order valence-electron chi connectivity index (χ0n) is 25.1. The van der Waals surface area contributed by atoms with Crippen molar-refractivity contribution in [3.05, 3.63) is 60.2 Å². The van der Waals surface area contributed by atoms with Crippen LogP contribution in [0, 0.1) is 11.8 Å². The Morgan fingerprint density at radius 3 is 2.59 bits per heavy atom. The molecule has 230 valence electrons. The van der Waals surface area contributed by atoms with E-state index in [4.69, 9.17) is 14.2 Å². The molecule has 1 saturated carbocycles. The van der Waals surface area contributed by atoms with Gasteiger partial charge in [0.15, 0.2) is 0 Å². The number of aryl methyl sites for hydroxylation is 1. The summed E-state index contributed by atoms with van der Waals surface area (Å²) in [5.41, 5.74) is 1.14. The van der Waals surface area contributed by atoms with Gasteiger partial charge < -0.3 is 29.7 Å². The summed E-state index contributed by atoms with van der Waals surface area (Å²) in [7, 11) is 1.69. The molecule has 0 aromatic heterocycles. The van der Waals surface area contributed by atoms with Crippen molar-refractivity contribution in [2.45, 2.75) is 102 Å². The van der Waals surface area contributed by atoms with E-state index >= 15 is 0 Å². The minimum atomic E-state index is -0.702. The fourth-order valence-electron chi connectivity index (χ4n) is 5.11. The summed E-state index contributed by atoms with van der Waals surface area (Å²) in [6.45, 7) is 4.84. The van der Waals surface area contributed by atoms with Gasteiger partial charge in [-0.2, -0.15) is 0 Å². The molecule has 1 fully saturated rings. The minimum absolute atomic E-state index is 0.0602. The predicted octanol–water partition coefficient (Wildman–Crippen LogP) is 5.51. The maximum absolute atomic E-state index is 12.5. The molecular weight excluding hydrogens is 522 g/mol. The van der Waals surface area contributed by atoms with Gasteiger partial charge in [0, 0.05) is 32.4 Å². The maximum Gasteiger partial charge on any atom is 0.508 e. The number of carbonyl (C=O) groups excluding carboxylic acids is 2. The first-order chi connectivity index (χ1) is 19.8. The van der Waals surface area contributed by atoms with Crippen LogP contribution in [0.2, 0.25) is 0 Å². The van der Waals surface area contributed by atoms with Gasteiger partial charge in [-0.3, -0.25) is 4.79 Å². The molecule has 0 aliphatic heterocycles. The van der Waals surface area contributed by atoms with E-state index in [0.717, 1.165) is 44.1 Å². The summed E-state index contributed by atoms with van der Waals surface area (Å²) < 4.78 is 16.2. The van der Waals surface area contributed by atoms with Crippen molar-refractivity contribution in [2.24, 2.45) is 11.8 Å². The van der Waals surface area contributed by atoms with Gasteiger partial charge >= 0.3 is 6.16 Å². The first-order valence-electron chi connectivity index (χ1n) is 15.2. The Balaban J connectivity index is 1.94. The van der Waals surface area contributed by atoms with Crippen LogP contribution in [-0.4, -0.2) is 67.0 Å². The van der Waals surface area contributed by atoms with Crippen LogP contribution in [0.5, 0.6) is 0 Å². The van der Waals surface area contributed by atoms with Gasteiger partial charge in [0.1, 0.15) is 6.10 Å².